The first-order valence-electron chi connectivity index (χ1n) is 2.27. The van der Waals surface area contributed by atoms with Gasteiger partial charge in [0, 0.05) is 0 Å². The Hall–Kier alpha value is 0.00948. The molecular formula is C5H9NSe. The van der Waals surface area contributed by atoms with Crippen LogP contribution in [-0.2, 0) is 0 Å². The molecule has 0 fully saturated rings. The molecule has 0 spiro atoms. The van der Waals surface area contributed by atoms with E-state index in [0.29, 0.717) is 0 Å². The predicted molar refractivity (Wildman–Crippen MR) is 31.3 cm³/mol. The van der Waals surface area contributed by atoms with E-state index in [0.717, 1.165) is 27.8 Å². The standard InChI is InChI=1S/C5H9NSe/c1-7-5-3-2-4-6/h2-3,5H2,1H3. The van der Waals surface area contributed by atoms with E-state index in [-0.39, 0.29) is 0 Å². The Morgan fingerprint density at radius 1 is 1.71 bits per heavy atom. The number of unbranched alkanes of at least 4 members (excludes halogenated alkanes) is 1. The van der Waals surface area contributed by atoms with Gasteiger partial charge in [0.15, 0.2) is 0 Å². The average Bonchev–Trinajstić information content (AvgIpc) is 1.69. The fraction of sp³-hybridized carbons (Fsp3) is 0.800. The van der Waals surface area contributed by atoms with Crippen LogP contribution in [0, 0.1) is 11.3 Å². The zero-order valence-electron chi connectivity index (χ0n) is 4.48. The third-order valence-electron chi connectivity index (χ3n) is 0.637. The number of nitriles is 1. The molecule has 0 aliphatic carbocycles. The molecule has 0 rings (SSSR count). The van der Waals surface area contributed by atoms with E-state index in [1.54, 1.807) is 0 Å². The van der Waals surface area contributed by atoms with Crippen LogP contribution in [0.2, 0.25) is 11.1 Å². The molecule has 0 saturated heterocycles. The van der Waals surface area contributed by atoms with Crippen LogP contribution in [0.25, 0.3) is 0 Å². The predicted octanol–water partition coefficient (Wildman–Crippen LogP) is 1.46. The Morgan fingerprint density at radius 2 is 2.43 bits per heavy atom. The Bertz CT molecular complexity index is 65.0. The second-order valence-electron chi connectivity index (χ2n) is 1.25. The van der Waals surface area contributed by atoms with E-state index in [1.165, 1.54) is 5.32 Å². The first-order chi connectivity index (χ1) is 3.41. The van der Waals surface area contributed by atoms with Gasteiger partial charge in [-0.25, -0.2) is 0 Å². The van der Waals surface area contributed by atoms with Gasteiger partial charge < -0.3 is 0 Å². The second kappa shape index (κ2) is 6.01. The van der Waals surface area contributed by atoms with Crippen molar-refractivity contribution in [2.75, 3.05) is 0 Å². The molecule has 1 nitrogen and oxygen atoms in total. The molecule has 0 heterocycles. The van der Waals surface area contributed by atoms with Crippen LogP contribution in [-0.4, -0.2) is 15.0 Å². The van der Waals surface area contributed by atoms with Crippen molar-refractivity contribution < 1.29 is 0 Å². The number of hydrogen-bond acceptors (Lipinski definition) is 1. The van der Waals surface area contributed by atoms with Crippen molar-refractivity contribution in [1.82, 2.24) is 0 Å². The van der Waals surface area contributed by atoms with Gasteiger partial charge in [-0.05, 0) is 0 Å². The van der Waals surface area contributed by atoms with Crippen LogP contribution in [0.1, 0.15) is 12.8 Å². The topological polar surface area (TPSA) is 23.8 Å². The third kappa shape index (κ3) is 6.01. The van der Waals surface area contributed by atoms with Crippen LogP contribution in [0.5, 0.6) is 0 Å². The zero-order valence-corrected chi connectivity index (χ0v) is 6.19. The van der Waals surface area contributed by atoms with Gasteiger partial charge >= 0.3 is 50.3 Å². The first-order valence-corrected chi connectivity index (χ1v) is 5.20. The summed E-state index contributed by atoms with van der Waals surface area (Å²) >= 11 is 0.775. The van der Waals surface area contributed by atoms with Crippen molar-refractivity contribution in [3.63, 3.8) is 0 Å². The molecule has 0 aliphatic heterocycles. The van der Waals surface area contributed by atoms with Crippen LogP contribution < -0.4 is 0 Å². The maximum atomic E-state index is 8.05. The van der Waals surface area contributed by atoms with Gasteiger partial charge in [0.1, 0.15) is 0 Å². The van der Waals surface area contributed by atoms with E-state index in [1.807, 2.05) is 0 Å². The second-order valence-corrected chi connectivity index (χ2v) is 3.32. The molecule has 0 amide bonds. The summed E-state index contributed by atoms with van der Waals surface area (Å²) in [6.07, 6.45) is 1.85. The van der Waals surface area contributed by atoms with Gasteiger partial charge in [0.25, 0.3) is 0 Å². The van der Waals surface area contributed by atoms with Crippen LogP contribution >= 0.6 is 0 Å². The first kappa shape index (κ1) is 7.01. The Morgan fingerprint density at radius 3 is 2.86 bits per heavy atom. The van der Waals surface area contributed by atoms with Crippen molar-refractivity contribution in [2.24, 2.45) is 0 Å². The molecule has 0 saturated carbocycles. The van der Waals surface area contributed by atoms with E-state index in [2.05, 4.69) is 11.9 Å². The Labute approximate surface area is 50.9 Å². The van der Waals surface area contributed by atoms with Crippen molar-refractivity contribution in [3.8, 4) is 6.07 Å². The summed E-state index contributed by atoms with van der Waals surface area (Å²) in [6.45, 7) is 0. The maximum absolute atomic E-state index is 8.05. The molecule has 0 aromatic rings. The van der Waals surface area contributed by atoms with Crippen LogP contribution in [0.4, 0.5) is 0 Å². The molecular weight excluding hydrogens is 153 g/mol. The molecule has 0 radical (unpaired) electrons. The van der Waals surface area contributed by atoms with Gasteiger partial charge in [0.05, 0.1) is 0 Å². The summed E-state index contributed by atoms with van der Waals surface area (Å²) in [7, 11) is 0. The molecule has 2 heteroatoms. The molecule has 0 aromatic carbocycles. The number of rotatable bonds is 3. The molecule has 0 unspecified atom stereocenters. The summed E-state index contributed by atoms with van der Waals surface area (Å²) in [4.78, 5) is 0. The molecule has 0 atom stereocenters. The quantitative estimate of drug-likeness (QED) is 0.455. The fourth-order valence-corrected chi connectivity index (χ4v) is 1.20. The Kier molecular flexibility index (Phi) is 6.02. The van der Waals surface area contributed by atoms with Gasteiger partial charge in [-0.1, -0.05) is 0 Å². The van der Waals surface area contributed by atoms with Gasteiger partial charge in [-0.2, -0.15) is 0 Å². The van der Waals surface area contributed by atoms with E-state index in [4.69, 9.17) is 5.26 Å². The van der Waals surface area contributed by atoms with Crippen LogP contribution in [0.15, 0.2) is 0 Å². The molecule has 7 heavy (non-hydrogen) atoms. The van der Waals surface area contributed by atoms with Crippen molar-refractivity contribution in [3.05, 3.63) is 0 Å². The van der Waals surface area contributed by atoms with E-state index in [9.17, 15) is 0 Å². The molecule has 40 valence electrons. The fourth-order valence-electron chi connectivity index (χ4n) is 0.296. The average molecular weight is 162 g/mol. The molecule has 0 bridgehead atoms. The number of nitrogens with zero attached hydrogens (tertiary/aromatic N) is 1. The molecule has 0 aliphatic rings. The minimum absolute atomic E-state index is 0.746. The normalized spacial score (nSPS) is 8.00. The van der Waals surface area contributed by atoms with E-state index < -0.39 is 0 Å². The van der Waals surface area contributed by atoms with Crippen LogP contribution in [0.3, 0.4) is 0 Å². The summed E-state index contributed by atoms with van der Waals surface area (Å²) < 4.78 is 0. The van der Waals surface area contributed by atoms with Crippen molar-refractivity contribution in [1.29, 1.82) is 5.26 Å². The monoisotopic (exact) mass is 163 g/mol. The van der Waals surface area contributed by atoms with Gasteiger partial charge in [-0.3, -0.25) is 0 Å². The zero-order chi connectivity index (χ0) is 5.54. The molecule has 0 N–H and O–H groups in total. The SMILES string of the molecule is C[Se]CCCC#N. The summed E-state index contributed by atoms with van der Waals surface area (Å²) in [5.41, 5.74) is 0. The van der Waals surface area contributed by atoms with E-state index >= 15 is 0 Å². The summed E-state index contributed by atoms with van der Waals surface area (Å²) in [5.74, 6) is 2.20. The van der Waals surface area contributed by atoms with Crippen molar-refractivity contribution >= 4 is 15.0 Å². The third-order valence-corrected chi connectivity index (χ3v) is 2.10. The summed E-state index contributed by atoms with van der Waals surface area (Å²) in [6, 6.07) is 2.11. The number of hydrogen-bond donors (Lipinski definition) is 0. The molecule has 0 aromatic heterocycles. The Balaban J connectivity index is 2.60. The van der Waals surface area contributed by atoms with Crippen molar-refractivity contribution in [2.45, 2.75) is 24.0 Å². The van der Waals surface area contributed by atoms with Gasteiger partial charge in [0.2, 0.25) is 0 Å². The minimum atomic E-state index is 0.746. The summed E-state index contributed by atoms with van der Waals surface area (Å²) in [5, 5.41) is 9.31. The van der Waals surface area contributed by atoms with Gasteiger partial charge in [-0.15, -0.1) is 0 Å².